The summed E-state index contributed by atoms with van der Waals surface area (Å²) in [5.41, 5.74) is 6.86. The van der Waals surface area contributed by atoms with Crippen molar-refractivity contribution >= 4 is 36.4 Å². The number of benzene rings is 2. The average molecular weight is 504 g/mol. The molecule has 3 nitrogen and oxygen atoms in total. The second-order valence-electron chi connectivity index (χ2n) is 9.50. The van der Waals surface area contributed by atoms with Gasteiger partial charge in [0.2, 0.25) is 0 Å². The smallest absolute Gasteiger partial charge is 0.0833 e. The molecule has 3 aliphatic rings. The van der Waals surface area contributed by atoms with Gasteiger partial charge in [0.25, 0.3) is 0 Å². The van der Waals surface area contributed by atoms with Crippen molar-refractivity contribution in [3.8, 4) is 0 Å². The molecule has 2 bridgehead atoms. The van der Waals surface area contributed by atoms with E-state index in [1.807, 2.05) is 18.2 Å². The van der Waals surface area contributed by atoms with Gasteiger partial charge in [-0.15, -0.1) is 24.8 Å². The number of piperidine rings is 1. The Morgan fingerprint density at radius 1 is 1.00 bits per heavy atom. The number of nitrogens with zero attached hydrogens (tertiary/aromatic N) is 2. The average Bonchev–Trinajstić information content (AvgIpc) is 3.31. The molecule has 2 aliphatic carbocycles. The predicted molar refractivity (Wildman–Crippen MR) is 138 cm³/mol. The summed E-state index contributed by atoms with van der Waals surface area (Å²) in [6.45, 7) is 3.07. The van der Waals surface area contributed by atoms with Crippen LogP contribution >= 0.6 is 36.4 Å². The van der Waals surface area contributed by atoms with Crippen LogP contribution in [0.5, 0.6) is 0 Å². The van der Waals surface area contributed by atoms with Crippen LogP contribution in [-0.2, 0) is 5.41 Å². The molecule has 1 aliphatic heterocycles. The number of fused-ring (bicyclic) bond motifs is 8. The number of halogens is 3. The first-order valence-electron chi connectivity index (χ1n) is 11.4. The van der Waals surface area contributed by atoms with E-state index in [1.165, 1.54) is 22.3 Å². The summed E-state index contributed by atoms with van der Waals surface area (Å²) in [6.07, 6.45) is 6.32. The van der Waals surface area contributed by atoms with Crippen molar-refractivity contribution in [2.45, 2.75) is 36.7 Å². The molecule has 1 N–H and O–H groups in total. The summed E-state index contributed by atoms with van der Waals surface area (Å²) >= 11 is 6.46. The van der Waals surface area contributed by atoms with E-state index in [4.69, 9.17) is 11.6 Å². The van der Waals surface area contributed by atoms with Crippen LogP contribution in [0.15, 0.2) is 67.0 Å². The van der Waals surface area contributed by atoms with Gasteiger partial charge in [-0.05, 0) is 84.3 Å². The minimum absolute atomic E-state index is 0. The van der Waals surface area contributed by atoms with Gasteiger partial charge >= 0.3 is 0 Å². The van der Waals surface area contributed by atoms with Crippen LogP contribution in [0.2, 0.25) is 5.02 Å². The van der Waals surface area contributed by atoms with Gasteiger partial charge in [0.1, 0.15) is 0 Å². The molecule has 1 fully saturated rings. The molecule has 174 valence electrons. The second-order valence-corrected chi connectivity index (χ2v) is 9.94. The summed E-state index contributed by atoms with van der Waals surface area (Å²) in [6, 6.07) is 19.4. The molecule has 3 unspecified atom stereocenters. The van der Waals surface area contributed by atoms with Gasteiger partial charge in [0.05, 0.1) is 6.10 Å². The predicted octanol–water partition coefficient (Wildman–Crippen LogP) is 6.16. The molecular formula is C27H29Cl3N2O. The van der Waals surface area contributed by atoms with Crippen molar-refractivity contribution in [3.63, 3.8) is 0 Å². The van der Waals surface area contributed by atoms with Gasteiger partial charge < -0.3 is 10.0 Å². The molecule has 0 saturated carbocycles. The monoisotopic (exact) mass is 502 g/mol. The number of rotatable bonds is 4. The van der Waals surface area contributed by atoms with Crippen LogP contribution in [0.3, 0.4) is 0 Å². The Balaban J connectivity index is 0.00000130. The van der Waals surface area contributed by atoms with E-state index in [9.17, 15) is 5.11 Å². The lowest BCUT2D eigenvalue weighted by atomic mass is 9.74. The number of hydrogen-bond donors (Lipinski definition) is 1. The number of aliphatic hydroxyl groups is 1. The third-order valence-corrected chi connectivity index (χ3v) is 8.14. The fourth-order valence-corrected chi connectivity index (χ4v) is 6.62. The van der Waals surface area contributed by atoms with Crippen LogP contribution in [0, 0.1) is 5.92 Å². The second kappa shape index (κ2) is 9.56. The highest BCUT2D eigenvalue weighted by Gasteiger charge is 2.53. The first-order chi connectivity index (χ1) is 15.2. The van der Waals surface area contributed by atoms with E-state index in [1.54, 1.807) is 12.4 Å². The van der Waals surface area contributed by atoms with E-state index < -0.39 is 6.10 Å². The van der Waals surface area contributed by atoms with E-state index in [0.29, 0.717) is 11.8 Å². The SMILES string of the molecule is Cl.Cl.OC(c1cccnc1)C1CCN(CC23CC(c4ccccc42)c2ccc(Cl)cc23)CC1. The normalized spacial score (nSPS) is 24.4. The van der Waals surface area contributed by atoms with Gasteiger partial charge in [0, 0.05) is 35.3 Å². The lowest BCUT2D eigenvalue weighted by Gasteiger charge is -2.40. The number of pyridine rings is 1. The highest BCUT2D eigenvalue weighted by molar-refractivity contribution is 6.30. The van der Waals surface area contributed by atoms with Crippen molar-refractivity contribution in [1.82, 2.24) is 9.88 Å². The van der Waals surface area contributed by atoms with Crippen LogP contribution < -0.4 is 0 Å². The van der Waals surface area contributed by atoms with E-state index in [-0.39, 0.29) is 30.2 Å². The summed E-state index contributed by atoms with van der Waals surface area (Å²) in [5.74, 6) is 0.792. The lowest BCUT2D eigenvalue weighted by Crippen LogP contribution is -2.44. The van der Waals surface area contributed by atoms with Gasteiger partial charge in [-0.1, -0.05) is 48.0 Å². The number of likely N-dealkylation sites (tertiary alicyclic amines) is 1. The highest BCUT2D eigenvalue weighted by atomic mass is 35.5. The van der Waals surface area contributed by atoms with Gasteiger partial charge in [-0.3, -0.25) is 4.98 Å². The maximum atomic E-state index is 10.8. The first-order valence-corrected chi connectivity index (χ1v) is 11.7. The van der Waals surface area contributed by atoms with E-state index >= 15 is 0 Å². The molecule has 2 aromatic carbocycles. The van der Waals surface area contributed by atoms with Crippen LogP contribution in [0.4, 0.5) is 0 Å². The minimum Gasteiger partial charge on any atom is -0.388 e. The van der Waals surface area contributed by atoms with Gasteiger partial charge in [-0.25, -0.2) is 0 Å². The Morgan fingerprint density at radius 2 is 1.76 bits per heavy atom. The van der Waals surface area contributed by atoms with Crippen LogP contribution in [0.1, 0.15) is 59.1 Å². The number of aliphatic hydroxyl groups excluding tert-OH is 1. The molecule has 6 rings (SSSR count). The quantitative estimate of drug-likeness (QED) is 0.463. The topological polar surface area (TPSA) is 36.4 Å². The third-order valence-electron chi connectivity index (χ3n) is 7.91. The summed E-state index contributed by atoms with van der Waals surface area (Å²) < 4.78 is 0. The Bertz CT molecular complexity index is 1120. The van der Waals surface area contributed by atoms with Crippen LogP contribution in [-0.4, -0.2) is 34.6 Å². The largest absolute Gasteiger partial charge is 0.388 e. The Labute approximate surface area is 213 Å². The molecule has 0 amide bonds. The lowest BCUT2D eigenvalue weighted by molar-refractivity contribution is 0.0538. The Hall–Kier alpha value is -1.62. The molecule has 33 heavy (non-hydrogen) atoms. The zero-order chi connectivity index (χ0) is 21.0. The first kappa shape index (κ1) is 24.5. The van der Waals surface area contributed by atoms with E-state index in [2.05, 4.69) is 46.3 Å². The van der Waals surface area contributed by atoms with Crippen LogP contribution in [0.25, 0.3) is 0 Å². The molecule has 1 saturated heterocycles. The van der Waals surface area contributed by atoms with Crippen molar-refractivity contribution in [2.75, 3.05) is 19.6 Å². The number of hydrogen-bond acceptors (Lipinski definition) is 3. The summed E-state index contributed by atoms with van der Waals surface area (Å²) in [5, 5.41) is 11.7. The Morgan fingerprint density at radius 3 is 2.52 bits per heavy atom. The zero-order valence-electron chi connectivity index (χ0n) is 18.4. The molecule has 2 heterocycles. The minimum atomic E-state index is -0.420. The standard InChI is InChI=1S/C27H27ClN2O.2ClH/c28-20-7-8-22-23-15-27(25(22)14-20,24-6-2-1-5-21(23)24)17-30-12-9-18(10-13-30)26(31)19-4-3-11-29-16-19;;/h1-8,11,14,16,18,23,26,31H,9-10,12-13,15,17H2;2*1H. The third kappa shape index (κ3) is 3.98. The molecule has 1 aromatic heterocycles. The van der Waals surface area contributed by atoms with Crippen molar-refractivity contribution in [2.24, 2.45) is 5.92 Å². The molecule has 0 radical (unpaired) electrons. The Kier molecular flexibility index (Phi) is 7.10. The fraction of sp³-hybridized carbons (Fsp3) is 0.370. The fourth-order valence-electron chi connectivity index (χ4n) is 6.45. The maximum absolute atomic E-state index is 10.8. The summed E-state index contributed by atoms with van der Waals surface area (Å²) in [4.78, 5) is 6.79. The van der Waals surface area contributed by atoms with Gasteiger partial charge in [0.15, 0.2) is 0 Å². The molecule has 3 atom stereocenters. The van der Waals surface area contributed by atoms with Crippen molar-refractivity contribution in [1.29, 1.82) is 0 Å². The van der Waals surface area contributed by atoms with Crippen molar-refractivity contribution in [3.05, 3.63) is 99.8 Å². The zero-order valence-corrected chi connectivity index (χ0v) is 20.8. The number of aromatic nitrogens is 1. The molecular weight excluding hydrogens is 475 g/mol. The molecule has 6 heteroatoms. The van der Waals surface area contributed by atoms with Crippen molar-refractivity contribution < 1.29 is 5.11 Å². The van der Waals surface area contributed by atoms with Gasteiger partial charge in [-0.2, -0.15) is 0 Å². The summed E-state index contributed by atoms with van der Waals surface area (Å²) in [7, 11) is 0. The highest BCUT2D eigenvalue weighted by Crippen LogP contribution is 2.60. The van der Waals surface area contributed by atoms with E-state index in [0.717, 1.165) is 49.5 Å². The molecule has 0 spiro atoms. The maximum Gasteiger partial charge on any atom is 0.0833 e. The molecule has 3 aromatic rings.